The number of aliphatic hydroxyl groups excluding tert-OH is 1. The van der Waals surface area contributed by atoms with Crippen LogP contribution in [-0.4, -0.2) is 28.9 Å². The summed E-state index contributed by atoms with van der Waals surface area (Å²) in [6.45, 7) is 6.05. The van der Waals surface area contributed by atoms with Crippen LogP contribution in [0.4, 0.5) is 17.6 Å². The molecule has 130 valence electrons. The molecule has 1 rings (SSSR count). The van der Waals surface area contributed by atoms with E-state index in [1.54, 1.807) is 20.8 Å². The average Bonchev–Trinajstić information content (AvgIpc) is 2.39. The summed E-state index contributed by atoms with van der Waals surface area (Å²) in [7, 11) is 0. The largest absolute Gasteiger partial charge is 0.475 e. The summed E-state index contributed by atoms with van der Waals surface area (Å²) in [5, 5.41) is 9.38. The molecule has 0 fully saturated rings. The van der Waals surface area contributed by atoms with E-state index in [-0.39, 0.29) is 12.5 Å². The van der Waals surface area contributed by atoms with E-state index in [1.807, 2.05) is 0 Å². The molecule has 0 saturated carbocycles. The highest BCUT2D eigenvalue weighted by Gasteiger charge is 2.30. The predicted molar refractivity (Wildman–Crippen MR) is 72.8 cm³/mol. The summed E-state index contributed by atoms with van der Waals surface area (Å²) >= 11 is 0. The SMILES string of the molecule is CC(O)CC(Oc1cc(F)c(F)c(F)c1F)C(=O)OC(C)(C)C. The summed E-state index contributed by atoms with van der Waals surface area (Å²) in [5.74, 6) is -9.43. The molecule has 0 saturated heterocycles. The molecule has 1 aromatic rings. The number of hydrogen-bond donors (Lipinski definition) is 1. The Morgan fingerprint density at radius 2 is 1.74 bits per heavy atom. The zero-order valence-corrected chi connectivity index (χ0v) is 13.1. The van der Waals surface area contributed by atoms with Gasteiger partial charge in [0.2, 0.25) is 11.6 Å². The minimum absolute atomic E-state index is 0.285. The van der Waals surface area contributed by atoms with E-state index in [0.29, 0.717) is 0 Å². The van der Waals surface area contributed by atoms with Crippen LogP contribution in [0.2, 0.25) is 0 Å². The van der Waals surface area contributed by atoms with Crippen LogP contribution in [0.1, 0.15) is 34.1 Å². The Labute approximate surface area is 131 Å². The first kappa shape index (κ1) is 19.2. The number of benzene rings is 1. The van der Waals surface area contributed by atoms with E-state index in [4.69, 9.17) is 9.47 Å². The molecule has 23 heavy (non-hydrogen) atoms. The molecule has 8 heteroatoms. The molecule has 4 nitrogen and oxygen atoms in total. The number of esters is 1. The van der Waals surface area contributed by atoms with Gasteiger partial charge in [-0.3, -0.25) is 0 Å². The van der Waals surface area contributed by atoms with Crippen molar-refractivity contribution in [2.24, 2.45) is 0 Å². The second kappa shape index (κ2) is 7.16. The van der Waals surface area contributed by atoms with Gasteiger partial charge in [-0.2, -0.15) is 4.39 Å². The molecular formula is C15H18F4O4. The number of hydrogen-bond acceptors (Lipinski definition) is 4. The lowest BCUT2D eigenvalue weighted by Gasteiger charge is -2.25. The van der Waals surface area contributed by atoms with Crippen LogP contribution in [0.3, 0.4) is 0 Å². The zero-order valence-electron chi connectivity index (χ0n) is 13.1. The van der Waals surface area contributed by atoms with Gasteiger partial charge in [-0.25, -0.2) is 18.0 Å². The normalized spacial score (nSPS) is 14.3. The molecule has 0 aliphatic rings. The fraction of sp³-hybridized carbons (Fsp3) is 0.533. The minimum atomic E-state index is -2.06. The van der Waals surface area contributed by atoms with Gasteiger partial charge in [-0.1, -0.05) is 0 Å². The summed E-state index contributed by atoms with van der Waals surface area (Å²) in [5.41, 5.74) is -0.894. The second-order valence-electron chi connectivity index (χ2n) is 6.02. The van der Waals surface area contributed by atoms with Crippen molar-refractivity contribution >= 4 is 5.97 Å². The number of ether oxygens (including phenoxy) is 2. The highest BCUT2D eigenvalue weighted by molar-refractivity contribution is 5.75. The van der Waals surface area contributed by atoms with Crippen molar-refractivity contribution in [2.45, 2.75) is 51.9 Å². The summed E-state index contributed by atoms with van der Waals surface area (Å²) in [4.78, 5) is 12.0. The van der Waals surface area contributed by atoms with Crippen molar-refractivity contribution in [1.82, 2.24) is 0 Å². The van der Waals surface area contributed by atoms with Gasteiger partial charge in [0.25, 0.3) is 0 Å². The Morgan fingerprint density at radius 1 is 1.17 bits per heavy atom. The summed E-state index contributed by atoms with van der Waals surface area (Å²) < 4.78 is 62.9. The van der Waals surface area contributed by atoms with Gasteiger partial charge in [0.1, 0.15) is 5.60 Å². The van der Waals surface area contributed by atoms with Crippen molar-refractivity contribution in [3.05, 3.63) is 29.3 Å². The first-order valence-corrected chi connectivity index (χ1v) is 6.83. The van der Waals surface area contributed by atoms with E-state index < -0.39 is 52.8 Å². The molecule has 0 aliphatic heterocycles. The Balaban J connectivity index is 3.09. The highest BCUT2D eigenvalue weighted by atomic mass is 19.2. The molecule has 0 radical (unpaired) electrons. The fourth-order valence-corrected chi connectivity index (χ4v) is 1.66. The topological polar surface area (TPSA) is 55.8 Å². The average molecular weight is 338 g/mol. The molecule has 1 aromatic carbocycles. The van der Waals surface area contributed by atoms with Gasteiger partial charge in [0.15, 0.2) is 23.5 Å². The number of aliphatic hydroxyl groups is 1. The molecule has 2 unspecified atom stereocenters. The van der Waals surface area contributed by atoms with Crippen molar-refractivity contribution in [3.8, 4) is 5.75 Å². The maximum Gasteiger partial charge on any atom is 0.347 e. The molecule has 0 aliphatic carbocycles. The van der Waals surface area contributed by atoms with E-state index in [1.165, 1.54) is 6.92 Å². The Kier molecular flexibility index (Phi) is 5.98. The van der Waals surface area contributed by atoms with E-state index in [2.05, 4.69) is 0 Å². The second-order valence-corrected chi connectivity index (χ2v) is 6.02. The number of rotatable bonds is 5. The van der Waals surface area contributed by atoms with Gasteiger partial charge in [-0.15, -0.1) is 0 Å². The molecule has 0 amide bonds. The van der Waals surface area contributed by atoms with E-state index in [9.17, 15) is 27.5 Å². The molecule has 0 aromatic heterocycles. The molecule has 0 heterocycles. The first-order valence-electron chi connectivity index (χ1n) is 6.83. The Morgan fingerprint density at radius 3 is 2.22 bits per heavy atom. The van der Waals surface area contributed by atoms with Gasteiger partial charge in [-0.05, 0) is 27.7 Å². The molecule has 1 N–H and O–H groups in total. The maximum absolute atomic E-state index is 13.6. The molecule has 2 atom stereocenters. The van der Waals surface area contributed by atoms with Crippen LogP contribution in [0, 0.1) is 23.3 Å². The van der Waals surface area contributed by atoms with Crippen molar-refractivity contribution in [3.63, 3.8) is 0 Å². The quantitative estimate of drug-likeness (QED) is 0.388. The third-order valence-corrected chi connectivity index (χ3v) is 2.56. The van der Waals surface area contributed by atoms with Crippen molar-refractivity contribution < 1.29 is 36.9 Å². The Hall–Kier alpha value is -1.83. The van der Waals surface area contributed by atoms with Crippen LogP contribution in [0.25, 0.3) is 0 Å². The van der Waals surface area contributed by atoms with Crippen LogP contribution in [-0.2, 0) is 9.53 Å². The molecule has 0 spiro atoms. The molecular weight excluding hydrogens is 320 g/mol. The zero-order chi connectivity index (χ0) is 17.9. The summed E-state index contributed by atoms with van der Waals surface area (Å²) in [6, 6.07) is 0.285. The fourth-order valence-electron chi connectivity index (χ4n) is 1.66. The maximum atomic E-state index is 13.6. The van der Waals surface area contributed by atoms with Crippen LogP contribution >= 0.6 is 0 Å². The van der Waals surface area contributed by atoms with Crippen molar-refractivity contribution in [2.75, 3.05) is 0 Å². The van der Waals surface area contributed by atoms with Gasteiger partial charge in [0.05, 0.1) is 6.10 Å². The smallest absolute Gasteiger partial charge is 0.347 e. The van der Waals surface area contributed by atoms with Gasteiger partial charge < -0.3 is 14.6 Å². The standard InChI is InChI=1S/C15H18F4O4/c1-7(20)5-10(14(21)23-15(2,3)4)22-9-6-8(16)11(17)13(19)12(9)18/h6-7,10,20H,5H2,1-4H3. The highest BCUT2D eigenvalue weighted by Crippen LogP contribution is 2.27. The number of carbonyl (C=O) groups excluding carboxylic acids is 1. The van der Waals surface area contributed by atoms with E-state index >= 15 is 0 Å². The van der Waals surface area contributed by atoms with Crippen LogP contribution in [0.15, 0.2) is 6.07 Å². The number of carbonyl (C=O) groups is 1. The Bertz CT molecular complexity index is 582. The van der Waals surface area contributed by atoms with E-state index in [0.717, 1.165) is 0 Å². The van der Waals surface area contributed by atoms with Crippen LogP contribution < -0.4 is 4.74 Å². The monoisotopic (exact) mass is 338 g/mol. The third kappa shape index (κ3) is 5.38. The predicted octanol–water partition coefficient (Wildman–Crippen LogP) is 3.10. The minimum Gasteiger partial charge on any atom is -0.475 e. The first-order chi connectivity index (χ1) is 10.4. The lowest BCUT2D eigenvalue weighted by atomic mass is 10.1. The lowest BCUT2D eigenvalue weighted by molar-refractivity contribution is -0.164. The summed E-state index contributed by atoms with van der Waals surface area (Å²) in [6.07, 6.45) is -2.87. The molecule has 0 bridgehead atoms. The van der Waals surface area contributed by atoms with Gasteiger partial charge in [0, 0.05) is 12.5 Å². The lowest BCUT2D eigenvalue weighted by Crippen LogP contribution is -2.37. The number of halogens is 4. The third-order valence-electron chi connectivity index (χ3n) is 2.56. The van der Waals surface area contributed by atoms with Crippen molar-refractivity contribution in [1.29, 1.82) is 0 Å². The van der Waals surface area contributed by atoms with Crippen LogP contribution in [0.5, 0.6) is 5.75 Å². The van der Waals surface area contributed by atoms with Gasteiger partial charge >= 0.3 is 5.97 Å².